The number of rotatable bonds is 6. The number of hydrogen-bond donors (Lipinski definition) is 2. The number of benzene rings is 1. The highest BCUT2D eigenvalue weighted by Gasteiger charge is 2.19. The monoisotopic (exact) mass is 287 g/mol. The predicted octanol–water partition coefficient (Wildman–Crippen LogP) is 2.89. The SMILES string of the molecule is CCCNc1ccc(C#N)cc1NC(=O)CC1CCCO1. The van der Waals surface area contributed by atoms with Crippen LogP contribution in [0.15, 0.2) is 18.2 Å². The number of ether oxygens (including phenoxy) is 1. The van der Waals surface area contributed by atoms with Crippen LogP contribution in [0, 0.1) is 11.3 Å². The molecule has 1 unspecified atom stereocenters. The zero-order valence-electron chi connectivity index (χ0n) is 12.3. The van der Waals surface area contributed by atoms with Crippen molar-refractivity contribution in [1.82, 2.24) is 0 Å². The minimum Gasteiger partial charge on any atom is -0.383 e. The van der Waals surface area contributed by atoms with Crippen LogP contribution in [0.5, 0.6) is 0 Å². The zero-order valence-corrected chi connectivity index (χ0v) is 12.3. The molecule has 2 N–H and O–H groups in total. The van der Waals surface area contributed by atoms with E-state index in [1.807, 2.05) is 6.07 Å². The molecule has 0 radical (unpaired) electrons. The van der Waals surface area contributed by atoms with Gasteiger partial charge in [-0.3, -0.25) is 4.79 Å². The summed E-state index contributed by atoms with van der Waals surface area (Å²) in [6.07, 6.45) is 3.33. The Kier molecular flexibility index (Phi) is 5.59. The average Bonchev–Trinajstić information content (AvgIpc) is 2.98. The molecule has 1 aliphatic rings. The van der Waals surface area contributed by atoms with Crippen LogP contribution in [0.3, 0.4) is 0 Å². The first kappa shape index (κ1) is 15.3. The second-order valence-electron chi connectivity index (χ2n) is 5.19. The lowest BCUT2D eigenvalue weighted by atomic mass is 10.1. The first-order valence-corrected chi connectivity index (χ1v) is 7.42. The Morgan fingerprint density at radius 2 is 2.33 bits per heavy atom. The lowest BCUT2D eigenvalue weighted by Gasteiger charge is -2.14. The Morgan fingerprint density at radius 1 is 1.48 bits per heavy atom. The van der Waals surface area contributed by atoms with Crippen molar-refractivity contribution in [2.75, 3.05) is 23.8 Å². The van der Waals surface area contributed by atoms with Gasteiger partial charge in [0.1, 0.15) is 0 Å². The molecular weight excluding hydrogens is 266 g/mol. The average molecular weight is 287 g/mol. The summed E-state index contributed by atoms with van der Waals surface area (Å²) in [5, 5.41) is 15.1. The molecule has 0 bridgehead atoms. The summed E-state index contributed by atoms with van der Waals surface area (Å²) >= 11 is 0. The van der Waals surface area contributed by atoms with Crippen molar-refractivity contribution in [3.63, 3.8) is 0 Å². The third kappa shape index (κ3) is 4.47. The maximum atomic E-state index is 12.1. The maximum absolute atomic E-state index is 12.1. The second-order valence-corrected chi connectivity index (χ2v) is 5.19. The lowest BCUT2D eigenvalue weighted by Crippen LogP contribution is -2.20. The van der Waals surface area contributed by atoms with E-state index in [1.165, 1.54) is 0 Å². The van der Waals surface area contributed by atoms with Gasteiger partial charge in [0.05, 0.1) is 35.5 Å². The number of carbonyl (C=O) groups excluding carboxylic acids is 1. The van der Waals surface area contributed by atoms with Crippen LogP contribution in [-0.2, 0) is 9.53 Å². The smallest absolute Gasteiger partial charge is 0.227 e. The normalized spacial score (nSPS) is 17.2. The van der Waals surface area contributed by atoms with E-state index in [-0.39, 0.29) is 12.0 Å². The summed E-state index contributed by atoms with van der Waals surface area (Å²) in [6, 6.07) is 7.37. The molecule has 1 aliphatic heterocycles. The Morgan fingerprint density at radius 3 is 3.00 bits per heavy atom. The van der Waals surface area contributed by atoms with E-state index in [1.54, 1.807) is 12.1 Å². The summed E-state index contributed by atoms with van der Waals surface area (Å²) in [7, 11) is 0. The number of nitriles is 1. The van der Waals surface area contributed by atoms with E-state index in [4.69, 9.17) is 10.00 Å². The van der Waals surface area contributed by atoms with Gasteiger partial charge in [0, 0.05) is 13.2 Å². The molecule has 21 heavy (non-hydrogen) atoms. The molecule has 1 atom stereocenters. The molecule has 112 valence electrons. The van der Waals surface area contributed by atoms with Crippen LogP contribution in [0.25, 0.3) is 0 Å². The van der Waals surface area contributed by atoms with Gasteiger partial charge in [-0.15, -0.1) is 0 Å². The molecule has 1 heterocycles. The van der Waals surface area contributed by atoms with Gasteiger partial charge in [0.15, 0.2) is 0 Å². The molecule has 5 heteroatoms. The van der Waals surface area contributed by atoms with Gasteiger partial charge in [-0.25, -0.2) is 0 Å². The fourth-order valence-electron chi connectivity index (χ4n) is 2.34. The van der Waals surface area contributed by atoms with Crippen molar-refractivity contribution in [3.8, 4) is 6.07 Å². The van der Waals surface area contributed by atoms with E-state index >= 15 is 0 Å². The number of carbonyl (C=O) groups is 1. The Labute approximate surface area is 125 Å². The molecule has 0 saturated carbocycles. The molecular formula is C16H21N3O2. The van der Waals surface area contributed by atoms with Gasteiger partial charge in [0.2, 0.25) is 5.91 Å². The van der Waals surface area contributed by atoms with E-state index in [9.17, 15) is 4.79 Å². The number of nitrogens with one attached hydrogen (secondary N) is 2. The van der Waals surface area contributed by atoms with Crippen molar-refractivity contribution in [2.45, 2.75) is 38.7 Å². The van der Waals surface area contributed by atoms with Crippen molar-refractivity contribution in [3.05, 3.63) is 23.8 Å². The molecule has 2 rings (SSSR count). The fraction of sp³-hybridized carbons (Fsp3) is 0.500. The van der Waals surface area contributed by atoms with E-state index < -0.39 is 0 Å². The number of hydrogen-bond acceptors (Lipinski definition) is 4. The topological polar surface area (TPSA) is 74.2 Å². The summed E-state index contributed by atoms with van der Waals surface area (Å²) in [6.45, 7) is 3.64. The van der Waals surface area contributed by atoms with Crippen LogP contribution in [0.2, 0.25) is 0 Å². The Hall–Kier alpha value is -2.06. The van der Waals surface area contributed by atoms with E-state index in [0.717, 1.165) is 38.1 Å². The molecule has 5 nitrogen and oxygen atoms in total. The summed E-state index contributed by atoms with van der Waals surface area (Å²) in [5.74, 6) is -0.0726. The van der Waals surface area contributed by atoms with Crippen molar-refractivity contribution >= 4 is 17.3 Å². The minimum absolute atomic E-state index is 0.0243. The van der Waals surface area contributed by atoms with Crippen LogP contribution < -0.4 is 10.6 Å². The Balaban J connectivity index is 2.04. The number of amides is 1. The largest absolute Gasteiger partial charge is 0.383 e. The summed E-state index contributed by atoms with van der Waals surface area (Å²) in [5.41, 5.74) is 2.03. The van der Waals surface area contributed by atoms with Crippen molar-refractivity contribution in [2.24, 2.45) is 0 Å². The highest BCUT2D eigenvalue weighted by atomic mass is 16.5. The first-order valence-electron chi connectivity index (χ1n) is 7.42. The molecule has 1 amide bonds. The Bertz CT molecular complexity index is 531. The van der Waals surface area contributed by atoms with Crippen molar-refractivity contribution in [1.29, 1.82) is 5.26 Å². The van der Waals surface area contributed by atoms with Gasteiger partial charge >= 0.3 is 0 Å². The minimum atomic E-state index is -0.0726. The molecule has 1 aromatic carbocycles. The lowest BCUT2D eigenvalue weighted by molar-refractivity contribution is -0.118. The van der Waals surface area contributed by atoms with E-state index in [2.05, 4.69) is 23.6 Å². The fourth-order valence-corrected chi connectivity index (χ4v) is 2.34. The second kappa shape index (κ2) is 7.65. The standard InChI is InChI=1S/C16H21N3O2/c1-2-7-18-14-6-5-12(11-17)9-15(14)19-16(20)10-13-4-3-8-21-13/h5-6,9,13,18H,2-4,7-8,10H2,1H3,(H,19,20). The van der Waals surface area contributed by atoms with Crippen molar-refractivity contribution < 1.29 is 9.53 Å². The van der Waals surface area contributed by atoms with Crippen LogP contribution in [0.1, 0.15) is 38.2 Å². The van der Waals surface area contributed by atoms with Gasteiger partial charge in [-0.1, -0.05) is 6.92 Å². The van der Waals surface area contributed by atoms with Gasteiger partial charge in [-0.2, -0.15) is 5.26 Å². The van der Waals surface area contributed by atoms with Gasteiger partial charge in [0.25, 0.3) is 0 Å². The third-order valence-corrected chi connectivity index (χ3v) is 3.43. The molecule has 1 saturated heterocycles. The van der Waals surface area contributed by atoms with Gasteiger partial charge in [-0.05, 0) is 37.5 Å². The molecule has 1 aromatic rings. The zero-order chi connectivity index (χ0) is 15.1. The maximum Gasteiger partial charge on any atom is 0.227 e. The number of anilines is 2. The van der Waals surface area contributed by atoms with E-state index in [0.29, 0.717) is 17.7 Å². The quantitative estimate of drug-likeness (QED) is 0.843. The highest BCUT2D eigenvalue weighted by Crippen LogP contribution is 2.24. The molecule has 1 fully saturated rings. The molecule has 0 aromatic heterocycles. The number of nitrogens with zero attached hydrogens (tertiary/aromatic N) is 1. The summed E-state index contributed by atoms with van der Waals surface area (Å²) < 4.78 is 5.47. The first-order chi connectivity index (χ1) is 10.2. The predicted molar refractivity (Wildman–Crippen MR) is 82.2 cm³/mol. The molecule has 0 spiro atoms. The van der Waals surface area contributed by atoms with Crippen LogP contribution >= 0.6 is 0 Å². The van der Waals surface area contributed by atoms with Crippen LogP contribution in [-0.4, -0.2) is 25.2 Å². The van der Waals surface area contributed by atoms with Crippen LogP contribution in [0.4, 0.5) is 11.4 Å². The molecule has 0 aliphatic carbocycles. The highest BCUT2D eigenvalue weighted by molar-refractivity contribution is 5.94. The third-order valence-electron chi connectivity index (χ3n) is 3.43. The van der Waals surface area contributed by atoms with Gasteiger partial charge < -0.3 is 15.4 Å². The summed E-state index contributed by atoms with van der Waals surface area (Å²) in [4.78, 5) is 12.1.